The van der Waals surface area contributed by atoms with Crippen LogP contribution in [0.25, 0.3) is 6.08 Å². The Hall–Kier alpha value is -3.35. The van der Waals surface area contributed by atoms with E-state index < -0.39 is 4.92 Å². The lowest BCUT2D eigenvalue weighted by Gasteiger charge is -2.08. The van der Waals surface area contributed by atoms with Gasteiger partial charge in [0.05, 0.1) is 30.9 Å². The highest BCUT2D eigenvalue weighted by molar-refractivity contribution is 6.02. The Morgan fingerprint density at radius 3 is 2.62 bits per heavy atom. The molecule has 1 N–H and O–H groups in total. The zero-order chi connectivity index (χ0) is 17.5. The van der Waals surface area contributed by atoms with Gasteiger partial charge in [0.25, 0.3) is 5.69 Å². The minimum Gasteiger partial charge on any atom is -0.497 e. The topological polar surface area (TPSA) is 90.7 Å². The van der Waals surface area contributed by atoms with Crippen LogP contribution in [0, 0.1) is 10.1 Å². The maximum Gasteiger partial charge on any atom is 0.273 e. The van der Waals surface area contributed by atoms with Gasteiger partial charge in [-0.25, -0.2) is 0 Å². The van der Waals surface area contributed by atoms with E-state index in [0.29, 0.717) is 11.4 Å². The minimum atomic E-state index is -0.531. The van der Waals surface area contributed by atoms with Crippen molar-refractivity contribution in [3.8, 4) is 11.5 Å². The van der Waals surface area contributed by atoms with E-state index in [2.05, 4.69) is 5.32 Å². The summed E-state index contributed by atoms with van der Waals surface area (Å²) in [5, 5.41) is 13.4. The molecule has 0 aliphatic rings. The van der Waals surface area contributed by atoms with E-state index in [0.717, 1.165) is 5.56 Å². The predicted octanol–water partition coefficient (Wildman–Crippen LogP) is 3.26. The van der Waals surface area contributed by atoms with Gasteiger partial charge in [0, 0.05) is 12.1 Å². The molecule has 24 heavy (non-hydrogen) atoms. The molecule has 0 radical (unpaired) electrons. The minimum absolute atomic E-state index is 0.114. The standard InChI is InChI=1S/C17H16N2O5/c1-23-14-5-3-4-12(10-14)6-9-17(20)18-15-8-7-13(19(21)22)11-16(15)24-2/h3-11H,1-2H3,(H,18,20)/b9-6+. The number of hydrogen-bond acceptors (Lipinski definition) is 5. The second kappa shape index (κ2) is 7.77. The average molecular weight is 328 g/mol. The molecule has 2 aromatic rings. The van der Waals surface area contributed by atoms with E-state index in [4.69, 9.17) is 9.47 Å². The third kappa shape index (κ3) is 4.33. The van der Waals surface area contributed by atoms with Gasteiger partial charge in [0.15, 0.2) is 0 Å². The smallest absolute Gasteiger partial charge is 0.273 e. The number of nitrogens with one attached hydrogen (secondary N) is 1. The SMILES string of the molecule is COc1cccc(/C=C/C(=O)Nc2ccc([N+](=O)[O-])cc2OC)c1. The van der Waals surface area contributed by atoms with Gasteiger partial charge in [-0.05, 0) is 29.8 Å². The molecule has 124 valence electrons. The van der Waals surface area contributed by atoms with Gasteiger partial charge in [0.2, 0.25) is 5.91 Å². The number of hydrogen-bond donors (Lipinski definition) is 1. The predicted molar refractivity (Wildman–Crippen MR) is 90.3 cm³/mol. The molecule has 0 saturated carbocycles. The molecular formula is C17H16N2O5. The lowest BCUT2D eigenvalue weighted by atomic mass is 10.2. The van der Waals surface area contributed by atoms with Crippen molar-refractivity contribution in [2.75, 3.05) is 19.5 Å². The number of nitro groups is 1. The molecule has 0 aliphatic carbocycles. The summed E-state index contributed by atoms with van der Waals surface area (Å²) in [6.45, 7) is 0. The Labute approximate surface area is 138 Å². The number of ether oxygens (including phenoxy) is 2. The summed E-state index contributed by atoms with van der Waals surface area (Å²) >= 11 is 0. The number of carbonyl (C=O) groups excluding carboxylic acids is 1. The fraction of sp³-hybridized carbons (Fsp3) is 0.118. The van der Waals surface area contributed by atoms with Gasteiger partial charge >= 0.3 is 0 Å². The van der Waals surface area contributed by atoms with Crippen molar-refractivity contribution in [2.45, 2.75) is 0 Å². The first kappa shape index (κ1) is 17.0. The number of anilines is 1. The van der Waals surface area contributed by atoms with Crippen molar-refractivity contribution in [3.63, 3.8) is 0 Å². The summed E-state index contributed by atoms with van der Waals surface area (Å²) in [7, 11) is 2.94. The Kier molecular flexibility index (Phi) is 5.51. The van der Waals surface area contributed by atoms with Gasteiger partial charge < -0.3 is 14.8 Å². The number of nitro benzene ring substituents is 1. The van der Waals surface area contributed by atoms with E-state index in [1.165, 1.54) is 31.4 Å². The molecule has 0 unspecified atom stereocenters. The van der Waals surface area contributed by atoms with Crippen LogP contribution in [-0.4, -0.2) is 25.1 Å². The lowest BCUT2D eigenvalue weighted by molar-refractivity contribution is -0.384. The van der Waals surface area contributed by atoms with Crippen LogP contribution in [0.4, 0.5) is 11.4 Å². The van der Waals surface area contributed by atoms with Crippen LogP contribution < -0.4 is 14.8 Å². The third-order valence-corrected chi connectivity index (χ3v) is 3.17. The van der Waals surface area contributed by atoms with Gasteiger partial charge in [-0.15, -0.1) is 0 Å². The molecule has 0 bridgehead atoms. The Bertz CT molecular complexity index is 786. The van der Waals surface area contributed by atoms with Gasteiger partial charge in [-0.3, -0.25) is 14.9 Å². The second-order valence-electron chi connectivity index (χ2n) is 4.74. The van der Waals surface area contributed by atoms with E-state index in [1.54, 1.807) is 25.3 Å². The molecule has 0 aliphatic heterocycles. The molecule has 0 aromatic heterocycles. The van der Waals surface area contributed by atoms with Crippen LogP contribution in [0.2, 0.25) is 0 Å². The highest BCUT2D eigenvalue weighted by atomic mass is 16.6. The fourth-order valence-electron chi connectivity index (χ4n) is 1.99. The number of non-ortho nitro benzene ring substituents is 1. The zero-order valence-corrected chi connectivity index (χ0v) is 13.2. The first-order valence-electron chi connectivity index (χ1n) is 6.99. The van der Waals surface area contributed by atoms with Crippen LogP contribution in [0.5, 0.6) is 11.5 Å². The molecule has 0 atom stereocenters. The van der Waals surface area contributed by atoms with Crippen molar-refractivity contribution in [3.05, 3.63) is 64.2 Å². The number of nitrogens with zero attached hydrogens (tertiary/aromatic N) is 1. The molecule has 7 heteroatoms. The maximum atomic E-state index is 12.0. The van der Waals surface area contributed by atoms with Crippen LogP contribution in [0.3, 0.4) is 0 Å². The maximum absolute atomic E-state index is 12.0. The normalized spacial score (nSPS) is 10.4. The van der Waals surface area contributed by atoms with Crippen LogP contribution in [-0.2, 0) is 4.79 Å². The van der Waals surface area contributed by atoms with Crippen LogP contribution >= 0.6 is 0 Å². The quantitative estimate of drug-likeness (QED) is 0.499. The van der Waals surface area contributed by atoms with Gasteiger partial charge in [0.1, 0.15) is 11.5 Å². The highest BCUT2D eigenvalue weighted by Crippen LogP contribution is 2.29. The number of carbonyl (C=O) groups is 1. The number of benzene rings is 2. The van der Waals surface area contributed by atoms with Gasteiger partial charge in [-0.1, -0.05) is 12.1 Å². The molecule has 0 spiro atoms. The van der Waals surface area contributed by atoms with Crippen molar-refractivity contribution < 1.29 is 19.2 Å². The molecule has 0 saturated heterocycles. The summed E-state index contributed by atoms with van der Waals surface area (Å²) in [6, 6.07) is 11.2. The van der Waals surface area contributed by atoms with Gasteiger partial charge in [-0.2, -0.15) is 0 Å². The lowest BCUT2D eigenvalue weighted by Crippen LogP contribution is -2.09. The summed E-state index contributed by atoms with van der Waals surface area (Å²) in [6.07, 6.45) is 2.99. The molecule has 7 nitrogen and oxygen atoms in total. The summed E-state index contributed by atoms with van der Waals surface area (Å²) in [5.74, 6) is 0.520. The second-order valence-corrected chi connectivity index (χ2v) is 4.74. The first-order chi connectivity index (χ1) is 11.5. The molecule has 2 rings (SSSR count). The number of methoxy groups -OCH3 is 2. The summed E-state index contributed by atoms with van der Waals surface area (Å²) < 4.78 is 10.2. The van der Waals surface area contributed by atoms with E-state index in [-0.39, 0.29) is 17.3 Å². The van der Waals surface area contributed by atoms with Crippen molar-refractivity contribution in [1.82, 2.24) is 0 Å². The van der Waals surface area contributed by atoms with E-state index >= 15 is 0 Å². The summed E-state index contributed by atoms with van der Waals surface area (Å²) in [4.78, 5) is 22.2. The largest absolute Gasteiger partial charge is 0.497 e. The Morgan fingerprint density at radius 1 is 1.17 bits per heavy atom. The third-order valence-electron chi connectivity index (χ3n) is 3.17. The van der Waals surface area contributed by atoms with Crippen LogP contribution in [0.15, 0.2) is 48.5 Å². The van der Waals surface area contributed by atoms with Crippen molar-refractivity contribution in [1.29, 1.82) is 0 Å². The molecule has 0 fully saturated rings. The number of rotatable bonds is 6. The highest BCUT2D eigenvalue weighted by Gasteiger charge is 2.12. The van der Waals surface area contributed by atoms with E-state index in [1.807, 2.05) is 12.1 Å². The zero-order valence-electron chi connectivity index (χ0n) is 13.2. The molecule has 2 aromatic carbocycles. The molecule has 1 amide bonds. The average Bonchev–Trinajstić information content (AvgIpc) is 2.60. The number of amides is 1. The van der Waals surface area contributed by atoms with Crippen LogP contribution in [0.1, 0.15) is 5.56 Å². The van der Waals surface area contributed by atoms with E-state index in [9.17, 15) is 14.9 Å². The van der Waals surface area contributed by atoms with Crippen molar-refractivity contribution >= 4 is 23.4 Å². The fourth-order valence-corrected chi connectivity index (χ4v) is 1.99. The monoisotopic (exact) mass is 328 g/mol. The summed E-state index contributed by atoms with van der Waals surface area (Å²) in [5.41, 5.74) is 1.04. The Balaban J connectivity index is 2.11. The first-order valence-corrected chi connectivity index (χ1v) is 6.99. The molecular weight excluding hydrogens is 312 g/mol. The Morgan fingerprint density at radius 2 is 1.96 bits per heavy atom. The molecule has 0 heterocycles. The van der Waals surface area contributed by atoms with Crippen molar-refractivity contribution in [2.24, 2.45) is 0 Å².